The SMILES string of the molecule is CN(CC1CCCCO1)C(=O)CC1CC2CCC(C1)N2.Cl. The second-order valence-corrected chi connectivity index (χ2v) is 6.94. The van der Waals surface area contributed by atoms with Crippen molar-refractivity contribution in [3.05, 3.63) is 0 Å². The van der Waals surface area contributed by atoms with Crippen LogP contribution in [0.5, 0.6) is 0 Å². The first kappa shape index (κ1) is 17.0. The number of fused-ring (bicyclic) bond motifs is 2. The quantitative estimate of drug-likeness (QED) is 0.865. The molecule has 3 rings (SSSR count). The van der Waals surface area contributed by atoms with E-state index in [0.29, 0.717) is 23.9 Å². The molecule has 3 aliphatic heterocycles. The van der Waals surface area contributed by atoms with E-state index in [1.165, 1.54) is 38.5 Å². The van der Waals surface area contributed by atoms with E-state index in [1.807, 2.05) is 11.9 Å². The Bertz CT molecular complexity index is 335. The number of hydrogen-bond acceptors (Lipinski definition) is 3. The van der Waals surface area contributed by atoms with Gasteiger partial charge in [0, 0.05) is 38.7 Å². The van der Waals surface area contributed by atoms with Gasteiger partial charge in [-0.05, 0) is 50.9 Å². The van der Waals surface area contributed by atoms with E-state index in [9.17, 15) is 4.79 Å². The predicted octanol–water partition coefficient (Wildman–Crippen LogP) is 2.36. The Labute approximate surface area is 134 Å². The number of rotatable bonds is 4. The average Bonchev–Trinajstić information content (AvgIpc) is 2.79. The number of hydrogen-bond donors (Lipinski definition) is 1. The molecule has 0 spiro atoms. The van der Waals surface area contributed by atoms with Gasteiger partial charge in [0.25, 0.3) is 0 Å². The smallest absolute Gasteiger partial charge is 0.222 e. The predicted molar refractivity (Wildman–Crippen MR) is 85.8 cm³/mol. The third kappa shape index (κ3) is 4.57. The fraction of sp³-hybridized carbons (Fsp3) is 0.938. The highest BCUT2D eigenvalue weighted by Crippen LogP contribution is 2.32. The highest BCUT2D eigenvalue weighted by molar-refractivity contribution is 5.85. The monoisotopic (exact) mass is 316 g/mol. The first-order valence-electron chi connectivity index (χ1n) is 8.32. The van der Waals surface area contributed by atoms with Crippen LogP contribution in [0.15, 0.2) is 0 Å². The van der Waals surface area contributed by atoms with Crippen LogP contribution in [0.4, 0.5) is 0 Å². The van der Waals surface area contributed by atoms with Crippen molar-refractivity contribution in [1.29, 1.82) is 0 Å². The highest BCUT2D eigenvalue weighted by atomic mass is 35.5. The maximum atomic E-state index is 12.4. The molecular weight excluding hydrogens is 288 g/mol. The molecule has 0 radical (unpaired) electrons. The van der Waals surface area contributed by atoms with E-state index in [2.05, 4.69) is 5.32 Å². The highest BCUT2D eigenvalue weighted by Gasteiger charge is 2.34. The van der Waals surface area contributed by atoms with Gasteiger partial charge in [-0.3, -0.25) is 4.79 Å². The number of likely N-dealkylation sites (N-methyl/N-ethyl adjacent to an activating group) is 1. The third-order valence-corrected chi connectivity index (χ3v) is 5.21. The fourth-order valence-corrected chi connectivity index (χ4v) is 4.10. The number of amides is 1. The molecule has 1 amide bonds. The van der Waals surface area contributed by atoms with Crippen LogP contribution in [0.25, 0.3) is 0 Å². The number of nitrogens with zero attached hydrogens (tertiary/aromatic N) is 1. The number of halogens is 1. The Morgan fingerprint density at radius 1 is 1.19 bits per heavy atom. The van der Waals surface area contributed by atoms with Crippen molar-refractivity contribution in [2.24, 2.45) is 5.92 Å². The number of piperidine rings is 1. The second-order valence-electron chi connectivity index (χ2n) is 6.94. The summed E-state index contributed by atoms with van der Waals surface area (Å²) in [6.45, 7) is 1.64. The van der Waals surface area contributed by atoms with E-state index in [1.54, 1.807) is 0 Å². The summed E-state index contributed by atoms with van der Waals surface area (Å²) < 4.78 is 5.73. The van der Waals surface area contributed by atoms with Crippen molar-refractivity contribution in [3.63, 3.8) is 0 Å². The first-order valence-corrected chi connectivity index (χ1v) is 8.32. The molecule has 3 fully saturated rings. The minimum Gasteiger partial charge on any atom is -0.376 e. The van der Waals surface area contributed by atoms with Crippen LogP contribution in [0.1, 0.15) is 51.4 Å². The van der Waals surface area contributed by atoms with Crippen LogP contribution < -0.4 is 5.32 Å². The van der Waals surface area contributed by atoms with Crippen LogP contribution in [0.3, 0.4) is 0 Å². The van der Waals surface area contributed by atoms with Crippen molar-refractivity contribution < 1.29 is 9.53 Å². The molecule has 1 N–H and O–H groups in total. The number of nitrogens with one attached hydrogen (secondary N) is 1. The lowest BCUT2D eigenvalue weighted by Crippen LogP contribution is -2.41. The average molecular weight is 317 g/mol. The van der Waals surface area contributed by atoms with Gasteiger partial charge in [-0.15, -0.1) is 12.4 Å². The summed E-state index contributed by atoms with van der Waals surface area (Å²) in [6.07, 6.45) is 9.51. The second kappa shape index (κ2) is 7.80. The molecule has 3 unspecified atom stereocenters. The van der Waals surface area contributed by atoms with Gasteiger partial charge in [0.1, 0.15) is 0 Å². The summed E-state index contributed by atoms with van der Waals surface area (Å²) in [6, 6.07) is 1.36. The molecule has 21 heavy (non-hydrogen) atoms. The van der Waals surface area contributed by atoms with Gasteiger partial charge in [-0.25, -0.2) is 0 Å². The van der Waals surface area contributed by atoms with Crippen LogP contribution >= 0.6 is 12.4 Å². The molecule has 2 bridgehead atoms. The summed E-state index contributed by atoms with van der Waals surface area (Å²) in [4.78, 5) is 14.3. The summed E-state index contributed by atoms with van der Waals surface area (Å²) in [5.74, 6) is 0.904. The summed E-state index contributed by atoms with van der Waals surface area (Å²) in [5.41, 5.74) is 0. The van der Waals surface area contributed by atoms with Crippen molar-refractivity contribution in [2.75, 3.05) is 20.2 Å². The van der Waals surface area contributed by atoms with Crippen LogP contribution in [0.2, 0.25) is 0 Å². The number of carbonyl (C=O) groups is 1. The van der Waals surface area contributed by atoms with Gasteiger partial charge in [-0.1, -0.05) is 0 Å². The van der Waals surface area contributed by atoms with Crippen molar-refractivity contribution in [3.8, 4) is 0 Å². The zero-order valence-corrected chi connectivity index (χ0v) is 13.9. The maximum absolute atomic E-state index is 12.4. The maximum Gasteiger partial charge on any atom is 0.222 e. The van der Waals surface area contributed by atoms with E-state index in [0.717, 1.165) is 26.0 Å². The molecule has 0 aliphatic carbocycles. The molecule has 5 heteroatoms. The number of carbonyl (C=O) groups excluding carboxylic acids is 1. The molecule has 3 heterocycles. The summed E-state index contributed by atoms with van der Waals surface area (Å²) in [5, 5.41) is 3.64. The van der Waals surface area contributed by atoms with Gasteiger partial charge in [-0.2, -0.15) is 0 Å². The zero-order valence-electron chi connectivity index (χ0n) is 13.1. The summed E-state index contributed by atoms with van der Waals surface area (Å²) >= 11 is 0. The molecule has 0 saturated carbocycles. The van der Waals surface area contributed by atoms with E-state index >= 15 is 0 Å². The molecule has 0 aromatic rings. The fourth-order valence-electron chi connectivity index (χ4n) is 4.10. The Kier molecular flexibility index (Phi) is 6.33. The van der Waals surface area contributed by atoms with Crippen LogP contribution in [-0.2, 0) is 9.53 Å². The lowest BCUT2D eigenvalue weighted by atomic mass is 9.89. The van der Waals surface area contributed by atoms with Crippen LogP contribution in [0, 0.1) is 5.92 Å². The normalized spacial score (nSPS) is 35.1. The van der Waals surface area contributed by atoms with Crippen molar-refractivity contribution in [1.82, 2.24) is 10.2 Å². The van der Waals surface area contributed by atoms with Crippen LogP contribution in [-0.4, -0.2) is 49.2 Å². The molecule has 4 nitrogen and oxygen atoms in total. The Morgan fingerprint density at radius 2 is 1.90 bits per heavy atom. The largest absolute Gasteiger partial charge is 0.376 e. The van der Waals surface area contributed by atoms with Gasteiger partial charge < -0.3 is 15.0 Å². The van der Waals surface area contributed by atoms with E-state index < -0.39 is 0 Å². The Balaban J connectivity index is 0.00000161. The van der Waals surface area contributed by atoms with Gasteiger partial charge >= 0.3 is 0 Å². The van der Waals surface area contributed by atoms with E-state index in [4.69, 9.17) is 4.74 Å². The zero-order chi connectivity index (χ0) is 13.9. The molecule has 3 aliphatic rings. The Hall–Kier alpha value is -0.320. The molecule has 122 valence electrons. The molecular formula is C16H29ClN2O2. The van der Waals surface area contributed by atoms with E-state index in [-0.39, 0.29) is 18.5 Å². The van der Waals surface area contributed by atoms with Crippen molar-refractivity contribution in [2.45, 2.75) is 69.6 Å². The lowest BCUT2D eigenvalue weighted by Gasteiger charge is -2.31. The standard InChI is InChI=1S/C16H28N2O2.ClH/c1-18(11-15-4-2-3-7-20-15)16(19)10-12-8-13-5-6-14(9-12)17-13;/h12-15,17H,2-11H2,1H3;1H. The molecule has 3 atom stereocenters. The molecule has 3 saturated heterocycles. The van der Waals surface area contributed by atoms with Gasteiger partial charge in [0.2, 0.25) is 5.91 Å². The topological polar surface area (TPSA) is 41.6 Å². The molecule has 0 aromatic heterocycles. The third-order valence-electron chi connectivity index (χ3n) is 5.21. The van der Waals surface area contributed by atoms with Gasteiger partial charge in [0.05, 0.1) is 6.10 Å². The molecule has 0 aromatic carbocycles. The number of ether oxygens (including phenoxy) is 1. The first-order chi connectivity index (χ1) is 9.70. The lowest BCUT2D eigenvalue weighted by molar-refractivity contribution is -0.133. The minimum atomic E-state index is 0. The van der Waals surface area contributed by atoms with Crippen molar-refractivity contribution >= 4 is 18.3 Å². The Morgan fingerprint density at radius 3 is 2.52 bits per heavy atom. The summed E-state index contributed by atoms with van der Waals surface area (Å²) in [7, 11) is 1.94. The van der Waals surface area contributed by atoms with Gasteiger partial charge in [0.15, 0.2) is 0 Å². The minimum absolute atomic E-state index is 0.